The summed E-state index contributed by atoms with van der Waals surface area (Å²) in [6.07, 6.45) is 3.71. The van der Waals surface area contributed by atoms with E-state index in [4.69, 9.17) is 4.43 Å². The Morgan fingerprint density at radius 2 is 2.00 bits per heavy atom. The van der Waals surface area contributed by atoms with Crippen molar-refractivity contribution in [1.29, 1.82) is 0 Å². The fraction of sp³-hybridized carbons (Fsp3) is 0.500. The van der Waals surface area contributed by atoms with Gasteiger partial charge in [0.15, 0.2) is 9.76 Å². The monoisotopic (exact) mass is 208 g/mol. The Kier molecular flexibility index (Phi) is 6.37. The van der Waals surface area contributed by atoms with E-state index in [9.17, 15) is 0 Å². The highest BCUT2D eigenvalue weighted by molar-refractivity contribution is 6.26. The van der Waals surface area contributed by atoms with Crippen molar-refractivity contribution in [2.45, 2.75) is 32.2 Å². The number of unbranched alkanes of at least 4 members (excludes halogenated alkanes) is 1. The largest absolute Gasteiger partial charge is 0.424 e. The molecule has 0 bridgehead atoms. The van der Waals surface area contributed by atoms with Crippen LogP contribution in [-0.4, -0.2) is 16.4 Å². The Hall–Kier alpha value is -0.603. The Labute approximate surface area is 89.4 Å². The zero-order chi connectivity index (χ0) is 10.1. The van der Waals surface area contributed by atoms with Crippen LogP contribution in [0.3, 0.4) is 0 Å². The quantitative estimate of drug-likeness (QED) is 0.494. The van der Waals surface area contributed by atoms with E-state index in [2.05, 4.69) is 37.3 Å². The standard InChI is InChI=1S/C12H20OSi/c1-2-3-11-14-13-10-9-12-7-5-4-6-8-12/h4-8H,2-3,9-11,14H2,1H3. The van der Waals surface area contributed by atoms with Crippen molar-refractivity contribution < 1.29 is 4.43 Å². The summed E-state index contributed by atoms with van der Waals surface area (Å²) in [4.78, 5) is 0. The molecule has 0 unspecified atom stereocenters. The van der Waals surface area contributed by atoms with Crippen LogP contribution in [0, 0.1) is 0 Å². The van der Waals surface area contributed by atoms with Crippen molar-refractivity contribution in [3.8, 4) is 0 Å². The molecule has 0 spiro atoms. The maximum absolute atomic E-state index is 5.68. The van der Waals surface area contributed by atoms with Crippen molar-refractivity contribution in [2.75, 3.05) is 6.61 Å². The summed E-state index contributed by atoms with van der Waals surface area (Å²) in [6, 6.07) is 11.9. The van der Waals surface area contributed by atoms with Crippen LogP contribution in [0.4, 0.5) is 0 Å². The first kappa shape index (κ1) is 11.5. The normalized spacial score (nSPS) is 11.2. The third kappa shape index (κ3) is 5.20. The third-order valence-electron chi connectivity index (χ3n) is 2.27. The fourth-order valence-corrected chi connectivity index (χ4v) is 2.65. The molecule has 14 heavy (non-hydrogen) atoms. The minimum Gasteiger partial charge on any atom is -0.424 e. The van der Waals surface area contributed by atoms with Crippen LogP contribution in [0.5, 0.6) is 0 Å². The van der Waals surface area contributed by atoms with E-state index in [0.717, 1.165) is 13.0 Å². The highest BCUT2D eigenvalue weighted by Gasteiger charge is 1.92. The molecule has 1 aromatic rings. The molecule has 0 aliphatic carbocycles. The van der Waals surface area contributed by atoms with E-state index in [1.807, 2.05) is 0 Å². The smallest absolute Gasteiger partial charge is 0.161 e. The van der Waals surface area contributed by atoms with Crippen LogP contribution < -0.4 is 0 Å². The van der Waals surface area contributed by atoms with E-state index >= 15 is 0 Å². The Bertz CT molecular complexity index is 223. The minimum absolute atomic E-state index is 0.216. The zero-order valence-electron chi connectivity index (χ0n) is 9.04. The molecule has 0 fully saturated rings. The van der Waals surface area contributed by atoms with Crippen molar-refractivity contribution >= 4 is 9.76 Å². The molecule has 1 nitrogen and oxygen atoms in total. The summed E-state index contributed by atoms with van der Waals surface area (Å²) in [5, 5.41) is 0. The average Bonchev–Trinajstić information content (AvgIpc) is 2.25. The number of benzene rings is 1. The van der Waals surface area contributed by atoms with Gasteiger partial charge in [-0.05, 0) is 18.0 Å². The van der Waals surface area contributed by atoms with E-state index in [1.54, 1.807) is 0 Å². The molecule has 0 atom stereocenters. The molecule has 0 radical (unpaired) electrons. The number of rotatable bonds is 7. The maximum atomic E-state index is 5.68. The van der Waals surface area contributed by atoms with Crippen molar-refractivity contribution in [3.63, 3.8) is 0 Å². The van der Waals surface area contributed by atoms with Gasteiger partial charge in [0.2, 0.25) is 0 Å². The molecule has 0 N–H and O–H groups in total. The van der Waals surface area contributed by atoms with Gasteiger partial charge >= 0.3 is 0 Å². The molecule has 78 valence electrons. The summed E-state index contributed by atoms with van der Waals surface area (Å²) in [6.45, 7) is 3.15. The summed E-state index contributed by atoms with van der Waals surface area (Å²) < 4.78 is 5.68. The molecule has 0 heterocycles. The third-order valence-corrected chi connectivity index (χ3v) is 3.64. The van der Waals surface area contributed by atoms with Crippen LogP contribution in [0.15, 0.2) is 30.3 Å². The van der Waals surface area contributed by atoms with Gasteiger partial charge in [-0.25, -0.2) is 0 Å². The first-order chi connectivity index (χ1) is 6.93. The molecule has 0 aliphatic rings. The lowest BCUT2D eigenvalue weighted by Crippen LogP contribution is -2.02. The first-order valence-corrected chi connectivity index (χ1v) is 7.13. The van der Waals surface area contributed by atoms with Gasteiger partial charge < -0.3 is 4.43 Å². The molecule has 0 aromatic heterocycles. The molecule has 0 saturated carbocycles. The minimum atomic E-state index is -0.216. The molecule has 0 amide bonds. The number of hydrogen-bond donors (Lipinski definition) is 0. The average molecular weight is 208 g/mol. The van der Waals surface area contributed by atoms with Gasteiger partial charge in [-0.2, -0.15) is 0 Å². The van der Waals surface area contributed by atoms with E-state index in [-0.39, 0.29) is 9.76 Å². The van der Waals surface area contributed by atoms with Gasteiger partial charge in [-0.1, -0.05) is 50.1 Å². The molecular weight excluding hydrogens is 188 g/mol. The lowest BCUT2D eigenvalue weighted by atomic mass is 10.2. The highest BCUT2D eigenvalue weighted by Crippen LogP contribution is 2.00. The van der Waals surface area contributed by atoms with Crippen LogP contribution in [0.2, 0.25) is 6.04 Å². The Morgan fingerprint density at radius 1 is 1.21 bits per heavy atom. The predicted octanol–water partition coefficient (Wildman–Crippen LogP) is 2.55. The number of hydrogen-bond acceptors (Lipinski definition) is 1. The molecule has 2 heteroatoms. The molecule has 0 saturated heterocycles. The van der Waals surface area contributed by atoms with Crippen molar-refractivity contribution in [2.24, 2.45) is 0 Å². The van der Waals surface area contributed by atoms with Crippen molar-refractivity contribution in [1.82, 2.24) is 0 Å². The molecule has 1 rings (SSSR count). The fourth-order valence-electron chi connectivity index (χ4n) is 1.39. The summed E-state index contributed by atoms with van der Waals surface area (Å²) in [5.41, 5.74) is 1.39. The van der Waals surface area contributed by atoms with Gasteiger partial charge in [-0.15, -0.1) is 0 Å². The summed E-state index contributed by atoms with van der Waals surface area (Å²) in [5.74, 6) is 0. The van der Waals surface area contributed by atoms with Gasteiger partial charge in [0.25, 0.3) is 0 Å². The van der Waals surface area contributed by atoms with Crippen LogP contribution >= 0.6 is 0 Å². The zero-order valence-corrected chi connectivity index (χ0v) is 10.5. The summed E-state index contributed by atoms with van der Waals surface area (Å²) in [7, 11) is -0.216. The Balaban J connectivity index is 1.99. The van der Waals surface area contributed by atoms with Crippen LogP contribution in [-0.2, 0) is 10.8 Å². The van der Waals surface area contributed by atoms with Crippen LogP contribution in [0.25, 0.3) is 0 Å². The van der Waals surface area contributed by atoms with Gasteiger partial charge in [0.1, 0.15) is 0 Å². The lowest BCUT2D eigenvalue weighted by Gasteiger charge is -2.03. The first-order valence-electron chi connectivity index (χ1n) is 5.55. The summed E-state index contributed by atoms with van der Waals surface area (Å²) >= 11 is 0. The SMILES string of the molecule is CCCC[SiH2]OCCc1ccccc1. The Morgan fingerprint density at radius 3 is 2.71 bits per heavy atom. The highest BCUT2D eigenvalue weighted by atomic mass is 28.2. The lowest BCUT2D eigenvalue weighted by molar-refractivity contribution is 0.339. The van der Waals surface area contributed by atoms with Crippen molar-refractivity contribution in [3.05, 3.63) is 35.9 Å². The second-order valence-electron chi connectivity index (χ2n) is 3.56. The second-order valence-corrected chi connectivity index (χ2v) is 5.08. The molecule has 1 aromatic carbocycles. The van der Waals surface area contributed by atoms with E-state index in [1.165, 1.54) is 24.4 Å². The topological polar surface area (TPSA) is 9.23 Å². The molecule has 0 aliphatic heterocycles. The van der Waals surface area contributed by atoms with Crippen LogP contribution in [0.1, 0.15) is 25.3 Å². The van der Waals surface area contributed by atoms with E-state index < -0.39 is 0 Å². The second kappa shape index (κ2) is 7.77. The van der Waals surface area contributed by atoms with Gasteiger partial charge in [0.05, 0.1) is 0 Å². The van der Waals surface area contributed by atoms with Gasteiger partial charge in [-0.3, -0.25) is 0 Å². The predicted molar refractivity (Wildman–Crippen MR) is 64.4 cm³/mol. The maximum Gasteiger partial charge on any atom is 0.161 e. The van der Waals surface area contributed by atoms with Gasteiger partial charge in [0, 0.05) is 6.61 Å². The van der Waals surface area contributed by atoms with E-state index in [0.29, 0.717) is 0 Å². The molecular formula is C12H20OSi.